The van der Waals surface area contributed by atoms with Crippen molar-refractivity contribution in [2.75, 3.05) is 13.7 Å². The lowest BCUT2D eigenvalue weighted by Crippen LogP contribution is -1.98. The third-order valence-electron chi connectivity index (χ3n) is 4.43. The third-order valence-corrected chi connectivity index (χ3v) is 4.43. The summed E-state index contributed by atoms with van der Waals surface area (Å²) in [6, 6.07) is 11.9. The molecular weight excluding hydrogens is 338 g/mol. The van der Waals surface area contributed by atoms with Crippen LogP contribution < -0.4 is 9.47 Å². The van der Waals surface area contributed by atoms with Gasteiger partial charge in [0.25, 0.3) is 0 Å². The number of aromatic nitrogens is 2. The number of nitrogens with one attached hydrogen (secondary N) is 1. The van der Waals surface area contributed by atoms with Crippen molar-refractivity contribution in [3.63, 3.8) is 0 Å². The van der Waals surface area contributed by atoms with Crippen LogP contribution in [0, 0.1) is 25.2 Å². The highest BCUT2D eigenvalue weighted by atomic mass is 16.5. The Hall–Kier alpha value is -3.26. The van der Waals surface area contributed by atoms with Crippen LogP contribution in [0.3, 0.4) is 0 Å². The van der Waals surface area contributed by atoms with E-state index in [9.17, 15) is 5.26 Å². The Morgan fingerprint density at radius 2 is 1.96 bits per heavy atom. The molecule has 0 aliphatic rings. The van der Waals surface area contributed by atoms with Gasteiger partial charge < -0.3 is 14.5 Å². The molecular formula is C22H23N3O2. The van der Waals surface area contributed by atoms with E-state index in [1.54, 1.807) is 13.2 Å². The standard InChI is InChI=1S/C22H23N3O2/c1-5-8-27-21-12-16(6-7-20(21)26-4)11-17(13-23)22-24-18-9-14(2)15(3)10-19(18)25-22/h6-7,9-12H,5,8H2,1-4H3,(H,24,25)/b17-11-. The van der Waals surface area contributed by atoms with Gasteiger partial charge in [0, 0.05) is 0 Å². The van der Waals surface area contributed by atoms with E-state index in [1.807, 2.05) is 24.3 Å². The number of nitriles is 1. The first kappa shape index (κ1) is 18.5. The highest BCUT2D eigenvalue weighted by Gasteiger charge is 2.11. The highest BCUT2D eigenvalue weighted by Crippen LogP contribution is 2.30. The summed E-state index contributed by atoms with van der Waals surface area (Å²) in [7, 11) is 1.61. The maximum absolute atomic E-state index is 9.65. The number of benzene rings is 2. The molecule has 27 heavy (non-hydrogen) atoms. The fraction of sp³-hybridized carbons (Fsp3) is 0.273. The predicted molar refractivity (Wildman–Crippen MR) is 108 cm³/mol. The molecule has 0 unspecified atom stereocenters. The lowest BCUT2D eigenvalue weighted by atomic mass is 10.1. The van der Waals surface area contributed by atoms with Gasteiger partial charge in [0.05, 0.1) is 30.3 Å². The van der Waals surface area contributed by atoms with Crippen LogP contribution in [-0.2, 0) is 0 Å². The zero-order valence-electron chi connectivity index (χ0n) is 16.1. The van der Waals surface area contributed by atoms with E-state index in [0.29, 0.717) is 29.5 Å². The number of H-pyrrole nitrogens is 1. The zero-order chi connectivity index (χ0) is 19.4. The van der Waals surface area contributed by atoms with Crippen molar-refractivity contribution >= 4 is 22.7 Å². The summed E-state index contributed by atoms with van der Waals surface area (Å²) < 4.78 is 11.1. The van der Waals surface area contributed by atoms with Gasteiger partial charge in [-0.25, -0.2) is 4.98 Å². The highest BCUT2D eigenvalue weighted by molar-refractivity contribution is 5.90. The van der Waals surface area contributed by atoms with Gasteiger partial charge in [0.15, 0.2) is 11.5 Å². The van der Waals surface area contributed by atoms with Gasteiger partial charge in [-0.05, 0) is 67.3 Å². The minimum atomic E-state index is 0.466. The molecule has 1 heterocycles. The van der Waals surface area contributed by atoms with Crippen molar-refractivity contribution in [3.8, 4) is 17.6 Å². The van der Waals surface area contributed by atoms with Gasteiger partial charge in [0.1, 0.15) is 11.9 Å². The molecule has 2 aromatic carbocycles. The molecule has 3 aromatic rings. The number of hydrogen-bond donors (Lipinski definition) is 1. The minimum absolute atomic E-state index is 0.466. The molecule has 0 fully saturated rings. The van der Waals surface area contributed by atoms with Crippen molar-refractivity contribution in [3.05, 3.63) is 52.8 Å². The molecule has 0 saturated carbocycles. The molecule has 0 saturated heterocycles. The molecule has 0 aliphatic heterocycles. The van der Waals surface area contributed by atoms with Crippen LogP contribution in [0.15, 0.2) is 30.3 Å². The Kier molecular flexibility index (Phi) is 5.46. The molecule has 0 spiro atoms. The number of aromatic amines is 1. The number of aryl methyl sites for hydroxylation is 2. The van der Waals surface area contributed by atoms with E-state index in [-0.39, 0.29) is 0 Å². The maximum Gasteiger partial charge on any atom is 0.161 e. The van der Waals surface area contributed by atoms with Crippen LogP contribution in [0.4, 0.5) is 0 Å². The van der Waals surface area contributed by atoms with E-state index in [0.717, 1.165) is 23.0 Å². The lowest BCUT2D eigenvalue weighted by molar-refractivity contribution is 0.294. The Labute approximate surface area is 159 Å². The van der Waals surface area contributed by atoms with Gasteiger partial charge in [-0.3, -0.25) is 0 Å². The smallest absolute Gasteiger partial charge is 0.161 e. The zero-order valence-corrected chi connectivity index (χ0v) is 16.1. The Balaban J connectivity index is 2.00. The summed E-state index contributed by atoms with van der Waals surface area (Å²) in [4.78, 5) is 7.83. The van der Waals surface area contributed by atoms with Crippen LogP contribution in [-0.4, -0.2) is 23.7 Å². The molecule has 1 N–H and O–H groups in total. The Morgan fingerprint density at radius 3 is 2.67 bits per heavy atom. The Morgan fingerprint density at radius 1 is 1.19 bits per heavy atom. The molecule has 5 nitrogen and oxygen atoms in total. The van der Waals surface area contributed by atoms with E-state index in [2.05, 4.69) is 42.9 Å². The van der Waals surface area contributed by atoms with Crippen molar-refractivity contribution in [2.45, 2.75) is 27.2 Å². The van der Waals surface area contributed by atoms with E-state index in [4.69, 9.17) is 9.47 Å². The van der Waals surface area contributed by atoms with Crippen LogP contribution >= 0.6 is 0 Å². The van der Waals surface area contributed by atoms with E-state index >= 15 is 0 Å². The molecule has 0 atom stereocenters. The molecule has 0 amide bonds. The second-order valence-electron chi connectivity index (χ2n) is 6.47. The van der Waals surface area contributed by atoms with Crippen molar-refractivity contribution in [1.29, 1.82) is 5.26 Å². The SMILES string of the molecule is CCCOc1cc(/C=C(/C#N)c2nc3cc(C)c(C)cc3[nH]2)ccc1OC. The number of rotatable bonds is 6. The largest absolute Gasteiger partial charge is 0.493 e. The second kappa shape index (κ2) is 7.96. The second-order valence-corrected chi connectivity index (χ2v) is 6.47. The normalized spacial score (nSPS) is 11.4. The van der Waals surface area contributed by atoms with Gasteiger partial charge in [-0.2, -0.15) is 5.26 Å². The van der Waals surface area contributed by atoms with Crippen LogP contribution in [0.2, 0.25) is 0 Å². The molecule has 3 rings (SSSR count). The lowest BCUT2D eigenvalue weighted by Gasteiger charge is -2.10. The van der Waals surface area contributed by atoms with Crippen molar-refractivity contribution in [2.24, 2.45) is 0 Å². The van der Waals surface area contributed by atoms with Crippen LogP contribution in [0.5, 0.6) is 11.5 Å². The fourth-order valence-electron chi connectivity index (χ4n) is 2.83. The average Bonchev–Trinajstić information content (AvgIpc) is 3.07. The number of fused-ring (bicyclic) bond motifs is 1. The van der Waals surface area contributed by atoms with Gasteiger partial charge in [-0.15, -0.1) is 0 Å². The first-order valence-electron chi connectivity index (χ1n) is 8.95. The summed E-state index contributed by atoms with van der Waals surface area (Å²) in [6.45, 7) is 6.77. The van der Waals surface area contributed by atoms with E-state index in [1.165, 1.54) is 11.1 Å². The van der Waals surface area contributed by atoms with Gasteiger partial charge in [0.2, 0.25) is 0 Å². The monoisotopic (exact) mass is 361 g/mol. The van der Waals surface area contributed by atoms with Crippen LogP contribution in [0.1, 0.15) is 35.9 Å². The first-order chi connectivity index (χ1) is 13.0. The Bertz CT molecular complexity index is 1000. The van der Waals surface area contributed by atoms with Crippen LogP contribution in [0.25, 0.3) is 22.7 Å². The summed E-state index contributed by atoms with van der Waals surface area (Å²) >= 11 is 0. The number of allylic oxidation sites excluding steroid dienone is 1. The molecule has 138 valence electrons. The molecule has 0 bridgehead atoms. The quantitative estimate of drug-likeness (QED) is 0.624. The van der Waals surface area contributed by atoms with Crippen molar-refractivity contribution < 1.29 is 9.47 Å². The summed E-state index contributed by atoms with van der Waals surface area (Å²) in [6.07, 6.45) is 2.71. The minimum Gasteiger partial charge on any atom is -0.493 e. The number of hydrogen-bond acceptors (Lipinski definition) is 4. The summed E-state index contributed by atoms with van der Waals surface area (Å²) in [5.74, 6) is 1.90. The summed E-state index contributed by atoms with van der Waals surface area (Å²) in [5, 5.41) is 9.65. The topological polar surface area (TPSA) is 70.9 Å². The predicted octanol–water partition coefficient (Wildman–Crippen LogP) is 5.04. The first-order valence-corrected chi connectivity index (χ1v) is 8.95. The van der Waals surface area contributed by atoms with Gasteiger partial charge >= 0.3 is 0 Å². The number of imidazole rings is 1. The number of ether oxygens (including phenoxy) is 2. The molecule has 0 aliphatic carbocycles. The number of methoxy groups -OCH3 is 1. The van der Waals surface area contributed by atoms with E-state index < -0.39 is 0 Å². The van der Waals surface area contributed by atoms with Gasteiger partial charge in [-0.1, -0.05) is 13.0 Å². The fourth-order valence-corrected chi connectivity index (χ4v) is 2.83. The maximum atomic E-state index is 9.65. The molecule has 1 aromatic heterocycles. The third kappa shape index (κ3) is 3.95. The number of nitrogens with zero attached hydrogens (tertiary/aromatic N) is 2. The average molecular weight is 361 g/mol. The molecule has 0 radical (unpaired) electrons. The summed E-state index contributed by atoms with van der Waals surface area (Å²) in [5.41, 5.74) is 5.47. The van der Waals surface area contributed by atoms with Crippen molar-refractivity contribution in [1.82, 2.24) is 9.97 Å². The molecule has 5 heteroatoms.